The van der Waals surface area contributed by atoms with Crippen molar-refractivity contribution in [2.24, 2.45) is 5.92 Å². The van der Waals surface area contributed by atoms with Gasteiger partial charge in [0.25, 0.3) is 5.91 Å². The Hall–Kier alpha value is -1.66. The lowest BCUT2D eigenvalue weighted by Gasteiger charge is -2.38. The topological polar surface area (TPSA) is 69.7 Å². The summed E-state index contributed by atoms with van der Waals surface area (Å²) >= 11 is 0. The number of aromatic nitrogens is 1. The van der Waals surface area contributed by atoms with E-state index in [1.807, 2.05) is 13.0 Å². The molecule has 2 rings (SSSR count). The summed E-state index contributed by atoms with van der Waals surface area (Å²) in [6.45, 7) is 7.67. The molecular weight excluding hydrogens is 332 g/mol. The van der Waals surface area contributed by atoms with Crippen molar-refractivity contribution in [1.82, 2.24) is 4.98 Å². The minimum atomic E-state index is -0.728. The number of nitrogens with one attached hydrogen (secondary N) is 1. The Kier molecular flexibility index (Phi) is 7.85. The summed E-state index contributed by atoms with van der Waals surface area (Å²) in [7, 11) is 1.63. The number of methoxy groups -OCH3 is 1. The molecule has 2 atom stereocenters. The summed E-state index contributed by atoms with van der Waals surface area (Å²) < 4.78 is 16.6. The van der Waals surface area contributed by atoms with Gasteiger partial charge in [0.1, 0.15) is 12.2 Å². The monoisotopic (exact) mass is 364 g/mol. The Labute approximate surface area is 156 Å². The quantitative estimate of drug-likeness (QED) is 0.676. The van der Waals surface area contributed by atoms with Crippen LogP contribution in [-0.2, 0) is 14.3 Å². The van der Waals surface area contributed by atoms with Gasteiger partial charge in [0.15, 0.2) is 0 Å². The van der Waals surface area contributed by atoms with Crippen molar-refractivity contribution in [2.45, 2.75) is 58.5 Å². The molecule has 0 unspecified atom stereocenters. The fraction of sp³-hybridized carbons (Fsp3) is 0.700. The lowest BCUT2D eigenvalue weighted by Crippen LogP contribution is -2.49. The van der Waals surface area contributed by atoms with Gasteiger partial charge in [0.2, 0.25) is 5.88 Å². The number of anilines is 1. The number of rotatable bonds is 9. The van der Waals surface area contributed by atoms with Gasteiger partial charge in [0.05, 0.1) is 18.0 Å². The second-order valence-electron chi connectivity index (χ2n) is 7.12. The Morgan fingerprint density at radius 2 is 2.15 bits per heavy atom. The summed E-state index contributed by atoms with van der Waals surface area (Å²) in [5.41, 5.74) is 0.697. The summed E-state index contributed by atoms with van der Waals surface area (Å²) in [6.07, 6.45) is 4.61. The first kappa shape index (κ1) is 20.6. The van der Waals surface area contributed by atoms with Crippen LogP contribution in [0.15, 0.2) is 12.1 Å². The third-order valence-electron chi connectivity index (χ3n) is 4.80. The zero-order valence-corrected chi connectivity index (χ0v) is 16.5. The predicted octanol–water partition coefficient (Wildman–Crippen LogP) is 3.73. The van der Waals surface area contributed by atoms with Gasteiger partial charge >= 0.3 is 0 Å². The highest BCUT2D eigenvalue weighted by Gasteiger charge is 2.42. The molecule has 0 spiro atoms. The molecule has 0 saturated heterocycles. The molecule has 6 heteroatoms. The first-order valence-corrected chi connectivity index (χ1v) is 9.55. The SMILES string of the molecule is CCCO[C@@]1(C(=O)Nc2ccc(OCCOC)nc2C)CCC[C@H](C)C1. The largest absolute Gasteiger partial charge is 0.475 e. The highest BCUT2D eigenvalue weighted by atomic mass is 16.5. The van der Waals surface area contributed by atoms with Gasteiger partial charge < -0.3 is 19.5 Å². The smallest absolute Gasteiger partial charge is 0.256 e. The molecule has 1 fully saturated rings. The molecule has 1 saturated carbocycles. The Morgan fingerprint density at radius 1 is 1.35 bits per heavy atom. The molecule has 0 bridgehead atoms. The third kappa shape index (κ3) is 5.42. The second-order valence-corrected chi connectivity index (χ2v) is 7.12. The van der Waals surface area contributed by atoms with Gasteiger partial charge in [0, 0.05) is 19.8 Å². The molecule has 1 heterocycles. The highest BCUT2D eigenvalue weighted by molar-refractivity contribution is 5.97. The molecule has 0 aromatic carbocycles. The maximum Gasteiger partial charge on any atom is 0.256 e. The van der Waals surface area contributed by atoms with Crippen molar-refractivity contribution in [3.8, 4) is 5.88 Å². The van der Waals surface area contributed by atoms with Crippen LogP contribution in [-0.4, -0.2) is 43.4 Å². The van der Waals surface area contributed by atoms with E-state index >= 15 is 0 Å². The highest BCUT2D eigenvalue weighted by Crippen LogP contribution is 2.36. The molecule has 1 N–H and O–H groups in total. The Morgan fingerprint density at radius 3 is 2.81 bits per heavy atom. The molecule has 1 aromatic heterocycles. The average molecular weight is 364 g/mol. The van der Waals surface area contributed by atoms with Crippen molar-refractivity contribution in [3.05, 3.63) is 17.8 Å². The van der Waals surface area contributed by atoms with Crippen LogP contribution in [0.2, 0.25) is 0 Å². The van der Waals surface area contributed by atoms with E-state index in [9.17, 15) is 4.79 Å². The molecule has 1 aliphatic carbocycles. The van der Waals surface area contributed by atoms with Crippen LogP contribution in [0, 0.1) is 12.8 Å². The molecule has 0 radical (unpaired) electrons. The van der Waals surface area contributed by atoms with Crippen LogP contribution >= 0.6 is 0 Å². The zero-order valence-electron chi connectivity index (χ0n) is 16.5. The number of amides is 1. The maximum atomic E-state index is 13.1. The standard InChI is InChI=1S/C20H32N2O4/c1-5-11-26-20(10-6-7-15(2)14-20)19(23)22-17-8-9-18(21-16(17)3)25-13-12-24-4/h8-9,15H,5-7,10-14H2,1-4H3,(H,22,23)/t15-,20-/m0/s1. The van der Waals surface area contributed by atoms with Crippen LogP contribution in [0.1, 0.15) is 51.6 Å². The number of nitrogens with zero attached hydrogens (tertiary/aromatic N) is 1. The average Bonchev–Trinajstić information content (AvgIpc) is 2.62. The summed E-state index contributed by atoms with van der Waals surface area (Å²) in [6, 6.07) is 3.60. The van der Waals surface area contributed by atoms with E-state index in [1.54, 1.807) is 13.2 Å². The fourth-order valence-corrected chi connectivity index (χ4v) is 3.42. The van der Waals surface area contributed by atoms with Gasteiger partial charge in [-0.1, -0.05) is 20.3 Å². The van der Waals surface area contributed by atoms with E-state index in [4.69, 9.17) is 14.2 Å². The van der Waals surface area contributed by atoms with Crippen molar-refractivity contribution in [2.75, 3.05) is 32.2 Å². The fourth-order valence-electron chi connectivity index (χ4n) is 3.42. The number of carbonyl (C=O) groups excluding carboxylic acids is 1. The Bertz CT molecular complexity index is 593. The van der Waals surface area contributed by atoms with E-state index in [-0.39, 0.29) is 5.91 Å². The molecule has 1 aromatic rings. The molecule has 26 heavy (non-hydrogen) atoms. The first-order valence-electron chi connectivity index (χ1n) is 9.55. The van der Waals surface area contributed by atoms with Gasteiger partial charge in [-0.3, -0.25) is 4.79 Å². The molecule has 6 nitrogen and oxygen atoms in total. The van der Waals surface area contributed by atoms with E-state index in [1.165, 1.54) is 0 Å². The molecule has 1 aliphatic rings. The minimum absolute atomic E-state index is 0.0598. The number of hydrogen-bond donors (Lipinski definition) is 1. The van der Waals surface area contributed by atoms with Crippen molar-refractivity contribution >= 4 is 11.6 Å². The van der Waals surface area contributed by atoms with Crippen LogP contribution in [0.25, 0.3) is 0 Å². The molecular formula is C20H32N2O4. The number of hydrogen-bond acceptors (Lipinski definition) is 5. The number of carbonyl (C=O) groups is 1. The summed E-state index contributed by atoms with van der Waals surface area (Å²) in [4.78, 5) is 17.5. The number of pyridine rings is 1. The lowest BCUT2D eigenvalue weighted by atomic mass is 9.78. The van der Waals surface area contributed by atoms with E-state index in [0.29, 0.717) is 37.3 Å². The minimum Gasteiger partial charge on any atom is -0.475 e. The molecule has 146 valence electrons. The van der Waals surface area contributed by atoms with Gasteiger partial charge in [-0.2, -0.15) is 0 Å². The molecule has 1 amide bonds. The zero-order chi connectivity index (χ0) is 19.0. The van der Waals surface area contributed by atoms with Crippen molar-refractivity contribution < 1.29 is 19.0 Å². The van der Waals surface area contributed by atoms with E-state index in [2.05, 4.69) is 24.1 Å². The van der Waals surface area contributed by atoms with Crippen LogP contribution in [0.4, 0.5) is 5.69 Å². The second kappa shape index (κ2) is 9.88. The van der Waals surface area contributed by atoms with Gasteiger partial charge in [-0.05, 0) is 44.6 Å². The van der Waals surface area contributed by atoms with E-state index < -0.39 is 5.60 Å². The van der Waals surface area contributed by atoms with Crippen molar-refractivity contribution in [1.29, 1.82) is 0 Å². The Balaban J connectivity index is 2.08. The van der Waals surface area contributed by atoms with E-state index in [0.717, 1.165) is 37.8 Å². The third-order valence-corrected chi connectivity index (χ3v) is 4.80. The van der Waals surface area contributed by atoms with Gasteiger partial charge in [-0.15, -0.1) is 0 Å². The number of aryl methyl sites for hydroxylation is 1. The van der Waals surface area contributed by atoms with Gasteiger partial charge in [-0.25, -0.2) is 4.98 Å². The summed E-state index contributed by atoms with van der Waals surface area (Å²) in [5.74, 6) is 0.957. The van der Waals surface area contributed by atoms with Crippen LogP contribution < -0.4 is 10.1 Å². The molecule has 0 aliphatic heterocycles. The normalized spacial score (nSPS) is 22.8. The van der Waals surface area contributed by atoms with Crippen LogP contribution in [0.3, 0.4) is 0 Å². The number of ether oxygens (including phenoxy) is 3. The first-order chi connectivity index (χ1) is 12.5. The summed E-state index contributed by atoms with van der Waals surface area (Å²) in [5, 5.41) is 3.04. The van der Waals surface area contributed by atoms with Crippen molar-refractivity contribution in [3.63, 3.8) is 0 Å². The maximum absolute atomic E-state index is 13.1. The predicted molar refractivity (Wildman–Crippen MR) is 102 cm³/mol. The lowest BCUT2D eigenvalue weighted by molar-refractivity contribution is -0.148. The van der Waals surface area contributed by atoms with Crippen LogP contribution in [0.5, 0.6) is 5.88 Å².